The standard InChI is InChI=1S/C21H24N4O2/c1-24-19-8-7-17(22-21(26)16-5-3-2-4-6-16)15-18(19)23-20(24)9-10-25-11-13-27-14-12-25/h2-8,15H,9-14H2,1H3,(H,22,26). The molecule has 2 heterocycles. The first-order chi connectivity index (χ1) is 13.2. The first kappa shape index (κ1) is 17.7. The summed E-state index contributed by atoms with van der Waals surface area (Å²) in [7, 11) is 2.05. The Morgan fingerprint density at radius 3 is 2.70 bits per heavy atom. The Bertz CT molecular complexity index is 930. The summed E-state index contributed by atoms with van der Waals surface area (Å²) in [5.74, 6) is 0.946. The summed E-state index contributed by atoms with van der Waals surface area (Å²) in [6.45, 7) is 4.58. The second-order valence-electron chi connectivity index (χ2n) is 6.81. The van der Waals surface area contributed by atoms with Crippen LogP contribution in [0.3, 0.4) is 0 Å². The van der Waals surface area contributed by atoms with Gasteiger partial charge in [0.05, 0.1) is 24.2 Å². The zero-order valence-electron chi connectivity index (χ0n) is 15.5. The molecule has 1 amide bonds. The summed E-state index contributed by atoms with van der Waals surface area (Å²) >= 11 is 0. The molecule has 0 bridgehead atoms. The third-order valence-electron chi connectivity index (χ3n) is 5.02. The van der Waals surface area contributed by atoms with Crippen LogP contribution in [-0.2, 0) is 18.2 Å². The number of hydrogen-bond acceptors (Lipinski definition) is 4. The molecule has 1 N–H and O–H groups in total. The van der Waals surface area contributed by atoms with Gasteiger partial charge in [0.1, 0.15) is 5.82 Å². The molecule has 140 valence electrons. The fourth-order valence-electron chi connectivity index (χ4n) is 3.43. The molecule has 1 aliphatic heterocycles. The summed E-state index contributed by atoms with van der Waals surface area (Å²) in [6.07, 6.45) is 0.900. The number of nitrogens with one attached hydrogen (secondary N) is 1. The highest BCUT2D eigenvalue weighted by Gasteiger charge is 2.14. The number of hydrogen-bond donors (Lipinski definition) is 1. The number of rotatable bonds is 5. The van der Waals surface area contributed by atoms with Crippen molar-refractivity contribution >= 4 is 22.6 Å². The number of benzene rings is 2. The number of anilines is 1. The van der Waals surface area contributed by atoms with Gasteiger partial charge in [-0.1, -0.05) is 18.2 Å². The lowest BCUT2D eigenvalue weighted by Crippen LogP contribution is -2.37. The van der Waals surface area contributed by atoms with Gasteiger partial charge in [0.2, 0.25) is 0 Å². The minimum atomic E-state index is -0.113. The van der Waals surface area contributed by atoms with Crippen molar-refractivity contribution in [1.82, 2.24) is 14.5 Å². The van der Waals surface area contributed by atoms with Crippen molar-refractivity contribution in [2.75, 3.05) is 38.2 Å². The van der Waals surface area contributed by atoms with E-state index in [1.807, 2.05) is 43.4 Å². The molecule has 1 saturated heterocycles. The lowest BCUT2D eigenvalue weighted by Gasteiger charge is -2.26. The van der Waals surface area contributed by atoms with Gasteiger partial charge in [-0.25, -0.2) is 4.98 Å². The maximum atomic E-state index is 12.3. The SMILES string of the molecule is Cn1c(CCN2CCOCC2)nc2cc(NC(=O)c3ccccc3)ccc21. The van der Waals surface area contributed by atoms with Crippen molar-refractivity contribution in [1.29, 1.82) is 0 Å². The Morgan fingerprint density at radius 2 is 1.93 bits per heavy atom. The van der Waals surface area contributed by atoms with E-state index in [0.29, 0.717) is 5.56 Å². The number of carbonyl (C=O) groups is 1. The van der Waals surface area contributed by atoms with Crippen LogP contribution in [0.5, 0.6) is 0 Å². The van der Waals surface area contributed by atoms with Gasteiger partial charge in [0.15, 0.2) is 0 Å². The Balaban J connectivity index is 1.48. The molecule has 6 nitrogen and oxygen atoms in total. The quantitative estimate of drug-likeness (QED) is 0.756. The number of ether oxygens (including phenoxy) is 1. The van der Waals surface area contributed by atoms with Crippen LogP contribution in [0, 0.1) is 0 Å². The van der Waals surface area contributed by atoms with Gasteiger partial charge in [0, 0.05) is 44.4 Å². The van der Waals surface area contributed by atoms with Gasteiger partial charge in [0.25, 0.3) is 5.91 Å². The molecule has 1 aliphatic rings. The lowest BCUT2D eigenvalue weighted by molar-refractivity contribution is 0.0382. The van der Waals surface area contributed by atoms with E-state index in [0.717, 1.165) is 61.8 Å². The zero-order valence-corrected chi connectivity index (χ0v) is 15.5. The predicted octanol–water partition coefficient (Wildman–Crippen LogP) is 2.70. The van der Waals surface area contributed by atoms with E-state index >= 15 is 0 Å². The predicted molar refractivity (Wildman–Crippen MR) is 106 cm³/mol. The Labute approximate surface area is 158 Å². The van der Waals surface area contributed by atoms with Crippen LogP contribution in [0.25, 0.3) is 11.0 Å². The van der Waals surface area contributed by atoms with Gasteiger partial charge in [-0.15, -0.1) is 0 Å². The van der Waals surface area contributed by atoms with Crippen molar-refractivity contribution in [2.45, 2.75) is 6.42 Å². The highest BCUT2D eigenvalue weighted by molar-refractivity contribution is 6.04. The maximum absolute atomic E-state index is 12.3. The summed E-state index contributed by atoms with van der Waals surface area (Å²) in [5.41, 5.74) is 3.38. The summed E-state index contributed by atoms with van der Waals surface area (Å²) in [6, 6.07) is 15.1. The smallest absolute Gasteiger partial charge is 0.255 e. The highest BCUT2D eigenvalue weighted by atomic mass is 16.5. The lowest BCUT2D eigenvalue weighted by atomic mass is 10.2. The number of imidazole rings is 1. The first-order valence-corrected chi connectivity index (χ1v) is 9.32. The molecular weight excluding hydrogens is 340 g/mol. The van der Waals surface area contributed by atoms with Crippen LogP contribution in [0.15, 0.2) is 48.5 Å². The first-order valence-electron chi connectivity index (χ1n) is 9.32. The molecule has 0 unspecified atom stereocenters. The Hall–Kier alpha value is -2.70. The molecule has 27 heavy (non-hydrogen) atoms. The number of nitrogens with zero attached hydrogens (tertiary/aromatic N) is 3. The number of morpholine rings is 1. The minimum Gasteiger partial charge on any atom is -0.379 e. The highest BCUT2D eigenvalue weighted by Crippen LogP contribution is 2.21. The Kier molecular flexibility index (Phi) is 5.18. The third-order valence-corrected chi connectivity index (χ3v) is 5.02. The fraction of sp³-hybridized carbons (Fsp3) is 0.333. The van der Waals surface area contributed by atoms with E-state index < -0.39 is 0 Å². The molecule has 1 aromatic heterocycles. The largest absolute Gasteiger partial charge is 0.379 e. The number of fused-ring (bicyclic) bond motifs is 1. The topological polar surface area (TPSA) is 59.4 Å². The minimum absolute atomic E-state index is 0.113. The summed E-state index contributed by atoms with van der Waals surface area (Å²) < 4.78 is 7.54. The molecule has 0 aliphatic carbocycles. The van der Waals surface area contributed by atoms with Crippen LogP contribution in [0.1, 0.15) is 16.2 Å². The van der Waals surface area contributed by atoms with Gasteiger partial charge >= 0.3 is 0 Å². The van der Waals surface area contributed by atoms with Gasteiger partial charge in [-0.3, -0.25) is 9.69 Å². The average molecular weight is 364 g/mol. The van der Waals surface area contributed by atoms with E-state index in [9.17, 15) is 4.79 Å². The van der Waals surface area contributed by atoms with Crippen molar-refractivity contribution in [3.05, 3.63) is 59.9 Å². The van der Waals surface area contributed by atoms with Gasteiger partial charge in [-0.05, 0) is 30.3 Å². The molecular formula is C21H24N4O2. The molecule has 4 rings (SSSR count). The maximum Gasteiger partial charge on any atom is 0.255 e. The van der Waals surface area contributed by atoms with Crippen LogP contribution in [0.4, 0.5) is 5.69 Å². The molecule has 3 aromatic rings. The van der Waals surface area contributed by atoms with Gasteiger partial charge < -0.3 is 14.6 Å². The number of carbonyl (C=O) groups excluding carboxylic acids is 1. The summed E-state index contributed by atoms with van der Waals surface area (Å²) in [4.78, 5) is 19.5. The van der Waals surface area contributed by atoms with E-state index in [2.05, 4.69) is 14.8 Å². The molecule has 0 radical (unpaired) electrons. The van der Waals surface area contributed by atoms with E-state index in [1.54, 1.807) is 12.1 Å². The normalized spacial score (nSPS) is 15.1. The van der Waals surface area contributed by atoms with Crippen LogP contribution >= 0.6 is 0 Å². The van der Waals surface area contributed by atoms with Crippen molar-refractivity contribution in [2.24, 2.45) is 7.05 Å². The monoisotopic (exact) mass is 364 g/mol. The van der Waals surface area contributed by atoms with E-state index in [1.165, 1.54) is 0 Å². The second kappa shape index (κ2) is 7.90. The molecule has 0 spiro atoms. The Morgan fingerprint density at radius 1 is 1.15 bits per heavy atom. The molecule has 6 heteroatoms. The van der Waals surface area contributed by atoms with Crippen LogP contribution in [-0.4, -0.2) is 53.2 Å². The average Bonchev–Trinajstić information content (AvgIpc) is 3.03. The van der Waals surface area contributed by atoms with Crippen LogP contribution in [0.2, 0.25) is 0 Å². The van der Waals surface area contributed by atoms with Crippen LogP contribution < -0.4 is 5.32 Å². The van der Waals surface area contributed by atoms with Gasteiger partial charge in [-0.2, -0.15) is 0 Å². The number of aromatic nitrogens is 2. The summed E-state index contributed by atoms with van der Waals surface area (Å²) in [5, 5.41) is 2.95. The van der Waals surface area contributed by atoms with Crippen molar-refractivity contribution < 1.29 is 9.53 Å². The zero-order chi connectivity index (χ0) is 18.6. The number of aryl methyl sites for hydroxylation is 1. The molecule has 1 fully saturated rings. The molecule has 2 aromatic carbocycles. The third kappa shape index (κ3) is 4.02. The molecule has 0 saturated carbocycles. The van der Waals surface area contributed by atoms with E-state index in [-0.39, 0.29) is 5.91 Å². The second-order valence-corrected chi connectivity index (χ2v) is 6.81. The fourth-order valence-corrected chi connectivity index (χ4v) is 3.43. The van der Waals surface area contributed by atoms with Crippen molar-refractivity contribution in [3.8, 4) is 0 Å². The molecule has 0 atom stereocenters. The van der Waals surface area contributed by atoms with Crippen molar-refractivity contribution in [3.63, 3.8) is 0 Å². The van der Waals surface area contributed by atoms with E-state index in [4.69, 9.17) is 9.72 Å². The number of amides is 1.